The van der Waals surface area contributed by atoms with E-state index < -0.39 is 0 Å². The smallest absolute Gasteiger partial charge is 0.115 e. The van der Waals surface area contributed by atoms with E-state index in [1.807, 2.05) is 13.8 Å². The van der Waals surface area contributed by atoms with Gasteiger partial charge in [0, 0.05) is 12.4 Å². The summed E-state index contributed by atoms with van der Waals surface area (Å²) in [6, 6.07) is 0. The molecule has 0 radical (unpaired) electrons. The Kier molecular flexibility index (Phi) is 5.37. The molecule has 0 saturated carbocycles. The zero-order valence-corrected chi connectivity index (χ0v) is 8.38. The second-order valence-electron chi connectivity index (χ2n) is 2.49. The van der Waals surface area contributed by atoms with Crippen molar-refractivity contribution >= 4 is 23.4 Å². The van der Waals surface area contributed by atoms with Gasteiger partial charge in [-0.1, -0.05) is 27.0 Å². The quantitative estimate of drug-likeness (QED) is 0.393. The summed E-state index contributed by atoms with van der Waals surface area (Å²) in [5.74, 6) is 0.291. The Morgan fingerprint density at radius 2 is 1.75 bits per heavy atom. The minimum absolute atomic E-state index is 0.291. The monoisotopic (exact) mass is 182 g/mol. The van der Waals surface area contributed by atoms with Crippen LogP contribution in [-0.4, -0.2) is 10.8 Å². The van der Waals surface area contributed by atoms with Gasteiger partial charge in [0.05, 0.1) is 5.71 Å². The van der Waals surface area contributed by atoms with E-state index in [1.165, 1.54) is 12.4 Å². The van der Waals surface area contributed by atoms with Crippen molar-refractivity contribution in [2.45, 2.75) is 13.8 Å². The summed E-state index contributed by atoms with van der Waals surface area (Å²) in [4.78, 5) is 8.00. The van der Waals surface area contributed by atoms with Crippen LogP contribution >= 0.6 is 12.6 Å². The maximum atomic E-state index is 4.18. The van der Waals surface area contributed by atoms with Gasteiger partial charge < -0.3 is 0 Å². The van der Waals surface area contributed by atoms with E-state index in [-0.39, 0.29) is 0 Å². The van der Waals surface area contributed by atoms with Crippen LogP contribution in [0.15, 0.2) is 35.5 Å². The SMILES string of the molecule is C=C/N=C(\C(S)=N/C=C)C(C)C. The molecule has 0 aromatic rings. The highest BCUT2D eigenvalue weighted by molar-refractivity contribution is 7.99. The molecule has 66 valence electrons. The van der Waals surface area contributed by atoms with Gasteiger partial charge in [-0.2, -0.15) is 0 Å². The van der Waals surface area contributed by atoms with Crippen LogP contribution in [0.1, 0.15) is 13.8 Å². The van der Waals surface area contributed by atoms with Crippen LogP contribution < -0.4 is 0 Å². The van der Waals surface area contributed by atoms with Gasteiger partial charge in [-0.3, -0.25) is 4.99 Å². The lowest BCUT2D eigenvalue weighted by molar-refractivity contribution is 0.895. The van der Waals surface area contributed by atoms with E-state index in [1.54, 1.807) is 0 Å². The Balaban J connectivity index is 4.74. The topological polar surface area (TPSA) is 24.7 Å². The third-order valence-corrected chi connectivity index (χ3v) is 1.56. The largest absolute Gasteiger partial charge is 0.259 e. The van der Waals surface area contributed by atoms with Crippen molar-refractivity contribution in [2.24, 2.45) is 15.9 Å². The van der Waals surface area contributed by atoms with Gasteiger partial charge in [0.25, 0.3) is 0 Å². The molecule has 0 aliphatic carbocycles. The molecule has 12 heavy (non-hydrogen) atoms. The first-order valence-corrected chi connectivity index (χ1v) is 4.14. The third kappa shape index (κ3) is 3.53. The molecular formula is C9H14N2S. The summed E-state index contributed by atoms with van der Waals surface area (Å²) in [6.45, 7) is 11.1. The van der Waals surface area contributed by atoms with Crippen LogP contribution in [0.4, 0.5) is 0 Å². The molecule has 0 amide bonds. The number of aliphatic imine (C=N–C) groups is 2. The maximum absolute atomic E-state index is 4.18. The van der Waals surface area contributed by atoms with E-state index >= 15 is 0 Å². The Labute approximate surface area is 79.2 Å². The molecule has 0 aromatic heterocycles. The molecule has 0 aromatic carbocycles. The average molecular weight is 182 g/mol. The van der Waals surface area contributed by atoms with Crippen LogP contribution in [0.25, 0.3) is 0 Å². The Morgan fingerprint density at radius 1 is 1.25 bits per heavy atom. The van der Waals surface area contributed by atoms with Gasteiger partial charge in [0.15, 0.2) is 0 Å². The number of thiol groups is 1. The van der Waals surface area contributed by atoms with Crippen molar-refractivity contribution in [3.63, 3.8) is 0 Å². The lowest BCUT2D eigenvalue weighted by Gasteiger charge is -2.06. The molecule has 0 rings (SSSR count). The third-order valence-electron chi connectivity index (χ3n) is 1.22. The summed E-state index contributed by atoms with van der Waals surface area (Å²) < 4.78 is 0. The average Bonchev–Trinajstić information content (AvgIpc) is 1.99. The van der Waals surface area contributed by atoms with Crippen LogP contribution in [0.3, 0.4) is 0 Å². The lowest BCUT2D eigenvalue weighted by Crippen LogP contribution is -2.14. The van der Waals surface area contributed by atoms with Crippen molar-refractivity contribution in [3.05, 3.63) is 25.6 Å². The normalized spacial score (nSPS) is 13.3. The Morgan fingerprint density at radius 3 is 2.08 bits per heavy atom. The van der Waals surface area contributed by atoms with Gasteiger partial charge in [0.1, 0.15) is 5.04 Å². The first-order chi connectivity index (χ1) is 5.63. The van der Waals surface area contributed by atoms with Crippen molar-refractivity contribution in [3.8, 4) is 0 Å². The number of nitrogens with zero attached hydrogens (tertiary/aromatic N) is 2. The van der Waals surface area contributed by atoms with Crippen molar-refractivity contribution < 1.29 is 0 Å². The van der Waals surface area contributed by atoms with E-state index in [2.05, 4.69) is 35.8 Å². The number of rotatable bonds is 4. The molecule has 0 unspecified atom stereocenters. The fourth-order valence-corrected chi connectivity index (χ4v) is 1.11. The maximum Gasteiger partial charge on any atom is 0.115 e. The first kappa shape index (κ1) is 11.2. The molecule has 0 bridgehead atoms. The molecule has 0 fully saturated rings. The number of hydrogen-bond acceptors (Lipinski definition) is 2. The second kappa shape index (κ2) is 5.77. The highest BCUT2D eigenvalue weighted by Crippen LogP contribution is 2.03. The second-order valence-corrected chi connectivity index (χ2v) is 2.91. The molecule has 0 atom stereocenters. The van der Waals surface area contributed by atoms with Gasteiger partial charge in [-0.15, -0.1) is 12.6 Å². The van der Waals surface area contributed by atoms with Gasteiger partial charge in [-0.05, 0) is 5.92 Å². The molecule has 0 spiro atoms. The van der Waals surface area contributed by atoms with E-state index in [0.717, 1.165) is 5.71 Å². The molecule has 2 nitrogen and oxygen atoms in total. The highest BCUT2D eigenvalue weighted by Gasteiger charge is 2.07. The van der Waals surface area contributed by atoms with Crippen LogP contribution in [0, 0.1) is 5.92 Å². The van der Waals surface area contributed by atoms with E-state index in [4.69, 9.17) is 0 Å². The minimum Gasteiger partial charge on any atom is -0.259 e. The van der Waals surface area contributed by atoms with E-state index in [0.29, 0.717) is 11.0 Å². The van der Waals surface area contributed by atoms with Crippen molar-refractivity contribution in [1.82, 2.24) is 0 Å². The number of hydrogen-bond donors (Lipinski definition) is 1. The van der Waals surface area contributed by atoms with Gasteiger partial charge in [-0.25, -0.2) is 4.99 Å². The molecule has 0 saturated heterocycles. The molecular weight excluding hydrogens is 168 g/mol. The molecule has 0 heterocycles. The molecule has 0 aliphatic heterocycles. The van der Waals surface area contributed by atoms with Crippen LogP contribution in [0.5, 0.6) is 0 Å². The van der Waals surface area contributed by atoms with Gasteiger partial charge in [0.2, 0.25) is 0 Å². The van der Waals surface area contributed by atoms with Crippen LogP contribution in [-0.2, 0) is 0 Å². The Bertz CT molecular complexity index is 227. The fraction of sp³-hybridized carbons (Fsp3) is 0.333. The summed E-state index contributed by atoms with van der Waals surface area (Å²) in [5, 5.41) is 0.597. The molecule has 0 N–H and O–H groups in total. The molecule has 0 aliphatic rings. The fourth-order valence-electron chi connectivity index (χ4n) is 0.716. The summed E-state index contributed by atoms with van der Waals surface area (Å²) in [7, 11) is 0. The first-order valence-electron chi connectivity index (χ1n) is 3.70. The standard InChI is InChI=1S/C9H14N2S/c1-5-10-8(7(3)4)9(12)11-6-2/h5-7H,1-2H2,3-4H3,(H,11,12)/b10-8-. The summed E-state index contributed by atoms with van der Waals surface area (Å²) >= 11 is 4.18. The molecule has 3 heteroatoms. The zero-order valence-electron chi connectivity index (χ0n) is 7.49. The van der Waals surface area contributed by atoms with Crippen molar-refractivity contribution in [1.29, 1.82) is 0 Å². The highest BCUT2D eigenvalue weighted by atomic mass is 32.1. The predicted octanol–water partition coefficient (Wildman–Crippen LogP) is 2.70. The summed E-state index contributed by atoms with van der Waals surface area (Å²) in [5.41, 5.74) is 0.827. The lowest BCUT2D eigenvalue weighted by atomic mass is 10.1. The van der Waals surface area contributed by atoms with Gasteiger partial charge >= 0.3 is 0 Å². The zero-order chi connectivity index (χ0) is 9.56. The van der Waals surface area contributed by atoms with E-state index in [9.17, 15) is 0 Å². The van der Waals surface area contributed by atoms with Crippen LogP contribution in [0.2, 0.25) is 0 Å². The van der Waals surface area contributed by atoms with Crippen molar-refractivity contribution in [2.75, 3.05) is 0 Å². The minimum atomic E-state index is 0.291. The summed E-state index contributed by atoms with van der Waals surface area (Å²) in [6.07, 6.45) is 2.94. The predicted molar refractivity (Wildman–Crippen MR) is 59.1 cm³/mol. The Hall–Kier alpha value is -0.830.